The Bertz CT molecular complexity index is 56.4. The van der Waals surface area contributed by atoms with E-state index in [0.717, 1.165) is 0 Å². The average Bonchev–Trinajstić information content (AvgIpc) is 1.65. The Balaban J connectivity index is 3.10. The summed E-state index contributed by atoms with van der Waals surface area (Å²) in [5, 5.41) is 8.57. The molecule has 0 aliphatic heterocycles. The molecule has 0 saturated heterocycles. The Hall–Kier alpha value is -0.150. The molecule has 0 aliphatic rings. The van der Waals surface area contributed by atoms with Crippen molar-refractivity contribution in [3.63, 3.8) is 0 Å². The molecule has 0 bridgehead atoms. The van der Waals surface area contributed by atoms with Gasteiger partial charge in [0.2, 0.25) is 0 Å². The molecule has 0 spiro atoms. The van der Waals surface area contributed by atoms with E-state index >= 15 is 0 Å². The molecule has 2 nitrogen and oxygen atoms in total. The van der Waals surface area contributed by atoms with Crippen LogP contribution in [0, 0.1) is 0 Å². The highest BCUT2D eigenvalue weighted by atomic mass is 19.1. The molecule has 2 unspecified atom stereocenters. The summed E-state index contributed by atoms with van der Waals surface area (Å²) >= 11 is 0. The van der Waals surface area contributed by atoms with Crippen molar-refractivity contribution in [2.24, 2.45) is 0 Å². The van der Waals surface area contributed by atoms with Crippen LogP contribution in [0.15, 0.2) is 0 Å². The molecule has 2 atom stereocenters. The number of halogens is 1. The largest absolute Gasteiger partial charge is 0.368 e. The van der Waals surface area contributed by atoms with Crippen LogP contribution in [-0.4, -0.2) is 17.8 Å². The number of ether oxygens (including phenoxy) is 1. The normalized spacial score (nSPS) is 18.0. The van der Waals surface area contributed by atoms with Gasteiger partial charge in [0, 0.05) is 0 Å². The first-order valence-corrected chi connectivity index (χ1v) is 2.64. The highest BCUT2D eigenvalue weighted by molar-refractivity contribution is 4.33. The fraction of sp³-hybridized carbons (Fsp3) is 1.00. The second-order valence-electron chi connectivity index (χ2n) is 1.54. The molecule has 1 N–H and O–H groups in total. The minimum absolute atomic E-state index is 0.425. The van der Waals surface area contributed by atoms with Gasteiger partial charge >= 0.3 is 0 Å². The van der Waals surface area contributed by atoms with E-state index in [1.807, 2.05) is 0 Å². The molecule has 0 aromatic carbocycles. The molecule has 0 heterocycles. The first-order valence-electron chi connectivity index (χ1n) is 2.64. The molecule has 0 radical (unpaired) electrons. The van der Waals surface area contributed by atoms with E-state index in [9.17, 15) is 4.39 Å². The maximum Gasteiger partial charge on any atom is 0.198 e. The third kappa shape index (κ3) is 4.02. The predicted octanol–water partition coefficient (Wildman–Crippen LogP) is 1.05. The fourth-order valence-corrected chi connectivity index (χ4v) is 0.313. The zero-order valence-electron chi connectivity index (χ0n) is 5.10. The van der Waals surface area contributed by atoms with Gasteiger partial charge in [-0.2, -0.15) is 0 Å². The lowest BCUT2D eigenvalue weighted by molar-refractivity contribution is -0.170. The van der Waals surface area contributed by atoms with E-state index in [1.165, 1.54) is 6.92 Å². The Labute approximate surface area is 48.3 Å². The molecule has 0 aromatic rings. The standard InChI is InChI=1S/C5H11FO2/c1-3-5(7)8-4(2)6/h4-5,7H,3H2,1-2H3. The maximum absolute atomic E-state index is 11.8. The van der Waals surface area contributed by atoms with Gasteiger partial charge in [0.05, 0.1) is 0 Å². The van der Waals surface area contributed by atoms with Crippen LogP contribution < -0.4 is 0 Å². The molecule has 0 amide bonds. The van der Waals surface area contributed by atoms with E-state index in [2.05, 4.69) is 4.74 Å². The summed E-state index contributed by atoms with van der Waals surface area (Å²) in [5.41, 5.74) is 0. The quantitative estimate of drug-likeness (QED) is 0.567. The first-order chi connectivity index (χ1) is 3.66. The molecule has 0 aliphatic carbocycles. The highest BCUT2D eigenvalue weighted by Gasteiger charge is 2.03. The summed E-state index contributed by atoms with van der Waals surface area (Å²) in [7, 11) is 0. The van der Waals surface area contributed by atoms with Gasteiger partial charge < -0.3 is 9.84 Å². The molecular weight excluding hydrogens is 111 g/mol. The average molecular weight is 122 g/mol. The molecule has 0 aromatic heterocycles. The Morgan fingerprint density at radius 3 is 2.38 bits per heavy atom. The van der Waals surface area contributed by atoms with E-state index in [4.69, 9.17) is 5.11 Å². The van der Waals surface area contributed by atoms with Crippen LogP contribution in [-0.2, 0) is 4.74 Å². The lowest BCUT2D eigenvalue weighted by Crippen LogP contribution is -2.14. The summed E-state index contributed by atoms with van der Waals surface area (Å²) in [6.07, 6.45) is -1.89. The zero-order valence-corrected chi connectivity index (χ0v) is 5.10. The summed E-state index contributed by atoms with van der Waals surface area (Å²) in [6.45, 7) is 2.95. The Kier molecular flexibility index (Phi) is 3.73. The van der Waals surface area contributed by atoms with Crippen molar-refractivity contribution in [2.75, 3.05) is 0 Å². The summed E-state index contributed by atoms with van der Waals surface area (Å²) < 4.78 is 16.0. The number of rotatable bonds is 3. The Morgan fingerprint density at radius 2 is 2.25 bits per heavy atom. The van der Waals surface area contributed by atoms with E-state index in [1.54, 1.807) is 6.92 Å². The van der Waals surface area contributed by atoms with Crippen LogP contribution in [0.3, 0.4) is 0 Å². The van der Waals surface area contributed by atoms with Crippen molar-refractivity contribution in [3.05, 3.63) is 0 Å². The first kappa shape index (κ1) is 7.85. The second-order valence-corrected chi connectivity index (χ2v) is 1.54. The van der Waals surface area contributed by atoms with Crippen molar-refractivity contribution in [1.82, 2.24) is 0 Å². The maximum atomic E-state index is 11.8. The lowest BCUT2D eigenvalue weighted by Gasteiger charge is -2.08. The van der Waals surface area contributed by atoms with Crippen molar-refractivity contribution in [1.29, 1.82) is 0 Å². The molecule has 3 heteroatoms. The summed E-state index contributed by atoms with van der Waals surface area (Å²) in [6, 6.07) is 0. The van der Waals surface area contributed by atoms with Crippen LogP contribution in [0.2, 0.25) is 0 Å². The lowest BCUT2D eigenvalue weighted by atomic mass is 10.5. The number of hydrogen-bond acceptors (Lipinski definition) is 2. The van der Waals surface area contributed by atoms with E-state index in [0.29, 0.717) is 6.42 Å². The van der Waals surface area contributed by atoms with Gasteiger partial charge in [-0.05, 0) is 13.3 Å². The molecule has 50 valence electrons. The molecule has 8 heavy (non-hydrogen) atoms. The smallest absolute Gasteiger partial charge is 0.198 e. The molecule has 0 rings (SSSR count). The van der Waals surface area contributed by atoms with Gasteiger partial charge in [0.15, 0.2) is 12.6 Å². The zero-order chi connectivity index (χ0) is 6.57. The minimum atomic E-state index is -1.37. The van der Waals surface area contributed by atoms with Crippen molar-refractivity contribution in [3.8, 4) is 0 Å². The van der Waals surface area contributed by atoms with Crippen molar-refractivity contribution >= 4 is 0 Å². The third-order valence-corrected chi connectivity index (χ3v) is 0.694. The molecular formula is C5H11FO2. The number of alkyl halides is 1. The van der Waals surface area contributed by atoms with E-state index < -0.39 is 12.6 Å². The van der Waals surface area contributed by atoms with Crippen molar-refractivity contribution in [2.45, 2.75) is 32.9 Å². The predicted molar refractivity (Wildman–Crippen MR) is 28.0 cm³/mol. The summed E-state index contributed by atoms with van der Waals surface area (Å²) in [4.78, 5) is 0. The van der Waals surface area contributed by atoms with Crippen LogP contribution in [0.5, 0.6) is 0 Å². The second kappa shape index (κ2) is 3.80. The Morgan fingerprint density at radius 1 is 1.75 bits per heavy atom. The number of aliphatic hydroxyl groups is 1. The van der Waals surface area contributed by atoms with Crippen LogP contribution in [0.1, 0.15) is 20.3 Å². The van der Waals surface area contributed by atoms with Gasteiger partial charge in [0.1, 0.15) is 0 Å². The van der Waals surface area contributed by atoms with Crippen LogP contribution in [0.25, 0.3) is 0 Å². The van der Waals surface area contributed by atoms with Gasteiger partial charge in [-0.1, -0.05) is 6.92 Å². The summed E-state index contributed by atoms with van der Waals surface area (Å²) in [5.74, 6) is 0. The minimum Gasteiger partial charge on any atom is -0.368 e. The van der Waals surface area contributed by atoms with Crippen molar-refractivity contribution < 1.29 is 14.2 Å². The fourth-order valence-electron chi connectivity index (χ4n) is 0.313. The highest BCUT2D eigenvalue weighted by Crippen LogP contribution is 1.98. The van der Waals surface area contributed by atoms with E-state index in [-0.39, 0.29) is 0 Å². The van der Waals surface area contributed by atoms with Gasteiger partial charge in [-0.15, -0.1) is 0 Å². The van der Waals surface area contributed by atoms with Gasteiger partial charge in [-0.3, -0.25) is 0 Å². The third-order valence-electron chi connectivity index (χ3n) is 0.694. The van der Waals surface area contributed by atoms with Crippen LogP contribution >= 0.6 is 0 Å². The topological polar surface area (TPSA) is 29.5 Å². The van der Waals surface area contributed by atoms with Crippen LogP contribution in [0.4, 0.5) is 4.39 Å². The number of aliphatic hydroxyl groups excluding tert-OH is 1. The molecule has 0 fully saturated rings. The van der Waals surface area contributed by atoms with Gasteiger partial charge in [-0.25, -0.2) is 4.39 Å². The SMILES string of the molecule is CCC(O)OC(C)F. The molecule has 0 saturated carbocycles. The monoisotopic (exact) mass is 122 g/mol. The van der Waals surface area contributed by atoms with Gasteiger partial charge in [0.25, 0.3) is 0 Å². The number of hydrogen-bond donors (Lipinski definition) is 1.